The van der Waals surface area contributed by atoms with Gasteiger partial charge in [-0.2, -0.15) is 0 Å². The highest BCUT2D eigenvalue weighted by Gasteiger charge is 2.31. The molecule has 0 saturated carbocycles. The van der Waals surface area contributed by atoms with Crippen molar-refractivity contribution in [1.82, 2.24) is 9.29 Å². The molecule has 7 heteroatoms. The largest absolute Gasteiger partial charge is 0.266 e. The molecule has 0 aliphatic carbocycles. The third kappa shape index (κ3) is 5.23. The minimum atomic E-state index is -3.73. The zero-order valence-corrected chi connectivity index (χ0v) is 18.3. The van der Waals surface area contributed by atoms with E-state index >= 15 is 0 Å². The highest BCUT2D eigenvalue weighted by molar-refractivity contribution is 7.93. The fraction of sp³-hybridized carbons (Fsp3) is 0.286. The number of nitrogens with zero attached hydrogens (tertiary/aromatic N) is 2. The van der Waals surface area contributed by atoms with Gasteiger partial charge in [0, 0.05) is 18.1 Å². The maximum Gasteiger partial charge on any atom is 0.264 e. The number of aromatic nitrogens is 1. The van der Waals surface area contributed by atoms with Gasteiger partial charge < -0.3 is 0 Å². The van der Waals surface area contributed by atoms with E-state index < -0.39 is 10.0 Å². The monoisotopic (exact) mass is 413 g/mol. The molecule has 28 heavy (non-hydrogen) atoms. The van der Waals surface area contributed by atoms with Crippen molar-refractivity contribution in [2.75, 3.05) is 6.54 Å². The van der Waals surface area contributed by atoms with Crippen molar-refractivity contribution in [3.63, 3.8) is 0 Å². The van der Waals surface area contributed by atoms with Gasteiger partial charge in [-0.15, -0.1) is 11.3 Å². The first kappa shape index (κ1) is 22.2. The average molecular weight is 413 g/mol. The summed E-state index contributed by atoms with van der Waals surface area (Å²) in [5.74, 6) is 0. The summed E-state index contributed by atoms with van der Waals surface area (Å²) in [5, 5.41) is 1.89. The second kappa shape index (κ2) is 10.4. The summed E-state index contributed by atoms with van der Waals surface area (Å²) < 4.78 is 28.4. The van der Waals surface area contributed by atoms with Crippen LogP contribution < -0.4 is 4.91 Å². The van der Waals surface area contributed by atoms with E-state index in [1.807, 2.05) is 63.8 Å². The van der Waals surface area contributed by atoms with Gasteiger partial charge in [-0.1, -0.05) is 36.4 Å². The lowest BCUT2D eigenvalue weighted by Gasteiger charge is -2.33. The number of piperidine rings is 1. The van der Waals surface area contributed by atoms with Gasteiger partial charge in [0.2, 0.25) is 7.28 Å². The molecule has 147 valence electrons. The number of hydrogen-bond donors (Lipinski definition) is 0. The van der Waals surface area contributed by atoms with Gasteiger partial charge in [0.1, 0.15) is 0 Å². The second-order valence-corrected chi connectivity index (χ2v) is 8.91. The van der Waals surface area contributed by atoms with E-state index in [2.05, 4.69) is 11.6 Å². The Morgan fingerprint density at radius 3 is 2.71 bits per heavy atom. The third-order valence-electron chi connectivity index (χ3n) is 4.37. The molecule has 1 aromatic heterocycles. The first-order valence-corrected chi connectivity index (χ1v) is 11.6. The molecule has 1 aromatic rings. The molecule has 2 heterocycles. The van der Waals surface area contributed by atoms with E-state index in [0.29, 0.717) is 6.54 Å². The predicted octanol–water partition coefficient (Wildman–Crippen LogP) is 4.28. The predicted molar refractivity (Wildman–Crippen MR) is 121 cm³/mol. The van der Waals surface area contributed by atoms with Gasteiger partial charge in [0.15, 0.2) is 0 Å². The van der Waals surface area contributed by atoms with Crippen LogP contribution in [0.25, 0.3) is 0 Å². The smallest absolute Gasteiger partial charge is 0.264 e. The number of hydrogen-bond acceptors (Lipinski definition) is 4. The van der Waals surface area contributed by atoms with Crippen LogP contribution in [0.2, 0.25) is 0 Å². The Bertz CT molecular complexity index is 937. The van der Waals surface area contributed by atoms with Crippen LogP contribution in [0.5, 0.6) is 0 Å². The van der Waals surface area contributed by atoms with Crippen LogP contribution in [-0.4, -0.2) is 31.5 Å². The van der Waals surface area contributed by atoms with Crippen molar-refractivity contribution in [1.29, 1.82) is 0 Å². The number of thiazole rings is 1. The van der Waals surface area contributed by atoms with Crippen LogP contribution in [0, 0.1) is 0 Å². The molecule has 4 nitrogen and oxygen atoms in total. The van der Waals surface area contributed by atoms with Gasteiger partial charge in [-0.05, 0) is 57.4 Å². The number of sulfonamides is 1. The zero-order valence-electron chi connectivity index (χ0n) is 16.6. The SMILES string of the molecule is C=C/C(=C\C([B]c1nccs1)=C/C)S(=O)(=O)N1CCCC(=C/C)/C1=C\C=C/C. The molecule has 1 fully saturated rings. The molecular formula is C21H26BN2O2S2. The molecule has 1 saturated heterocycles. The molecule has 1 aliphatic rings. The molecule has 0 unspecified atom stereocenters. The number of rotatable bonds is 7. The standard InChI is InChI=1S/C21H26BN2O2S2/c1-5-9-12-20-17(6-2)11-10-14-24(20)28(25,26)19(8-4)16-18(7-3)22-21-23-13-15-27-21/h5-9,12-13,15-16H,4,10-11,14H2,1-3H3/b9-5-,17-6-,18-7+,19-16+,20-12+. The minimum absolute atomic E-state index is 0.178. The maximum atomic E-state index is 13.4. The van der Waals surface area contributed by atoms with E-state index in [-0.39, 0.29) is 4.91 Å². The highest BCUT2D eigenvalue weighted by Crippen LogP contribution is 2.32. The second-order valence-electron chi connectivity index (χ2n) is 6.13. The summed E-state index contributed by atoms with van der Waals surface area (Å²) >= 11 is 1.50. The van der Waals surface area contributed by atoms with Crippen molar-refractivity contribution in [3.8, 4) is 0 Å². The van der Waals surface area contributed by atoms with E-state index in [0.717, 1.165) is 34.5 Å². The molecule has 1 radical (unpaired) electrons. The van der Waals surface area contributed by atoms with Crippen molar-refractivity contribution >= 4 is 33.5 Å². The lowest BCUT2D eigenvalue weighted by atomic mass is 9.70. The molecule has 0 spiro atoms. The van der Waals surface area contributed by atoms with Crippen molar-refractivity contribution in [3.05, 3.63) is 82.3 Å². The summed E-state index contributed by atoms with van der Waals surface area (Å²) in [7, 11) is -1.86. The van der Waals surface area contributed by atoms with Gasteiger partial charge in [-0.3, -0.25) is 9.29 Å². The first-order valence-electron chi connectivity index (χ1n) is 9.23. The fourth-order valence-corrected chi connectivity index (χ4v) is 5.07. The summed E-state index contributed by atoms with van der Waals surface area (Å²) in [5.41, 5.74) is 2.54. The Balaban J connectivity index is 2.44. The number of allylic oxidation sites excluding steroid dienone is 9. The lowest BCUT2D eigenvalue weighted by Crippen LogP contribution is -2.35. The Labute approximate surface area is 173 Å². The normalized spacial score (nSPS) is 19.6. The van der Waals surface area contributed by atoms with Crippen LogP contribution in [0.3, 0.4) is 0 Å². The Hall–Kier alpha value is -2.12. The van der Waals surface area contributed by atoms with Gasteiger partial charge >= 0.3 is 0 Å². The van der Waals surface area contributed by atoms with Crippen LogP contribution in [-0.2, 0) is 10.0 Å². The topological polar surface area (TPSA) is 50.3 Å². The summed E-state index contributed by atoms with van der Waals surface area (Å²) in [6.45, 7) is 9.94. The first-order chi connectivity index (χ1) is 13.5. The van der Waals surface area contributed by atoms with E-state index in [1.54, 1.807) is 12.3 Å². The quantitative estimate of drug-likeness (QED) is 0.495. The van der Waals surface area contributed by atoms with Crippen LogP contribution in [0.1, 0.15) is 33.6 Å². The molecule has 2 rings (SSSR count). The fourth-order valence-electron chi connectivity index (χ4n) is 2.93. The molecule has 1 aliphatic heterocycles. The molecular weight excluding hydrogens is 387 g/mol. The van der Waals surface area contributed by atoms with Crippen molar-refractivity contribution in [2.45, 2.75) is 33.6 Å². The van der Waals surface area contributed by atoms with E-state index in [9.17, 15) is 8.42 Å². The summed E-state index contributed by atoms with van der Waals surface area (Å²) in [4.78, 5) is 5.24. The summed E-state index contributed by atoms with van der Waals surface area (Å²) in [6, 6.07) is 0. The lowest BCUT2D eigenvalue weighted by molar-refractivity contribution is 0.450. The highest BCUT2D eigenvalue weighted by atomic mass is 32.2. The van der Waals surface area contributed by atoms with Crippen LogP contribution >= 0.6 is 11.3 Å². The summed E-state index contributed by atoms with van der Waals surface area (Å²) in [6.07, 6.45) is 15.9. The van der Waals surface area contributed by atoms with Crippen molar-refractivity contribution < 1.29 is 8.42 Å². The Morgan fingerprint density at radius 1 is 1.36 bits per heavy atom. The van der Waals surface area contributed by atoms with Crippen molar-refractivity contribution in [2.24, 2.45) is 0 Å². The molecule has 0 amide bonds. The average Bonchev–Trinajstić information content (AvgIpc) is 3.21. The van der Waals surface area contributed by atoms with Gasteiger partial charge in [0.05, 0.1) is 15.5 Å². The molecule has 0 atom stereocenters. The Morgan fingerprint density at radius 2 is 2.14 bits per heavy atom. The van der Waals surface area contributed by atoms with Gasteiger partial charge in [0.25, 0.3) is 10.0 Å². The van der Waals surface area contributed by atoms with Crippen LogP contribution in [0.15, 0.2) is 82.3 Å². The molecule has 0 aromatic carbocycles. The molecule has 0 bridgehead atoms. The van der Waals surface area contributed by atoms with Crippen LogP contribution in [0.4, 0.5) is 0 Å². The third-order valence-corrected chi connectivity index (χ3v) is 6.94. The van der Waals surface area contributed by atoms with Gasteiger partial charge in [-0.25, -0.2) is 8.42 Å². The Kier molecular flexibility index (Phi) is 8.26. The maximum absolute atomic E-state index is 13.4. The van der Waals surface area contributed by atoms with E-state index in [1.165, 1.54) is 21.7 Å². The van der Waals surface area contributed by atoms with E-state index in [4.69, 9.17) is 0 Å². The zero-order chi connectivity index (χ0) is 20.6. The molecule has 0 N–H and O–H groups in total. The minimum Gasteiger partial charge on any atom is -0.266 e.